The molecule has 156 valence electrons. The van der Waals surface area contributed by atoms with Gasteiger partial charge in [-0.25, -0.2) is 4.98 Å². The fraction of sp³-hybridized carbons (Fsp3) is 0.591. The van der Waals surface area contributed by atoms with E-state index in [1.165, 1.54) is 18.2 Å². The largest absolute Gasteiger partial charge is 0.372 e. The third kappa shape index (κ3) is 4.51. The number of fused-ring (bicyclic) bond motifs is 1. The molecule has 2 heterocycles. The number of nitrogens with zero attached hydrogens (tertiary/aromatic N) is 3. The lowest BCUT2D eigenvalue weighted by Crippen LogP contribution is -2.48. The Morgan fingerprint density at radius 1 is 1.14 bits per heavy atom. The highest BCUT2D eigenvalue weighted by Gasteiger charge is 2.27. The normalized spacial score (nSPS) is 23.4. The highest BCUT2D eigenvalue weighted by atomic mass is 32.2. The van der Waals surface area contributed by atoms with Crippen molar-refractivity contribution in [2.45, 2.75) is 69.4 Å². The number of hydrogen-bond donors (Lipinski definition) is 0. The second-order valence-corrected chi connectivity index (χ2v) is 9.17. The van der Waals surface area contributed by atoms with Gasteiger partial charge in [0, 0.05) is 19.1 Å². The van der Waals surface area contributed by atoms with Crippen LogP contribution in [-0.4, -0.2) is 51.4 Å². The van der Waals surface area contributed by atoms with Gasteiger partial charge in [-0.15, -0.1) is 0 Å². The molecule has 0 N–H and O–H groups in total. The summed E-state index contributed by atoms with van der Waals surface area (Å²) >= 11 is 1.39. The standard InChI is InChI=1S/C22H29N3O3S/c1-15-12-24(13-16(2)28-15)20(26)14-29-22-23-19-11-7-6-10-18(19)21(27)25(22)17-8-4-3-5-9-17/h6-7,10-11,15-17H,3-5,8-9,12-14H2,1-2H3/t15-,16+. The van der Waals surface area contributed by atoms with Crippen molar-refractivity contribution < 1.29 is 9.53 Å². The average Bonchev–Trinajstić information content (AvgIpc) is 2.72. The Morgan fingerprint density at radius 3 is 2.55 bits per heavy atom. The van der Waals surface area contributed by atoms with E-state index in [-0.39, 0.29) is 35.5 Å². The minimum atomic E-state index is 0.0195. The molecule has 1 aliphatic heterocycles. The van der Waals surface area contributed by atoms with Crippen LogP contribution in [0.4, 0.5) is 0 Å². The molecule has 1 aromatic heterocycles. The Balaban J connectivity index is 1.60. The topological polar surface area (TPSA) is 64.4 Å². The Hall–Kier alpha value is -1.86. The number of morpholine rings is 1. The first kappa shape index (κ1) is 20.4. The summed E-state index contributed by atoms with van der Waals surface area (Å²) in [7, 11) is 0. The molecule has 1 amide bonds. The summed E-state index contributed by atoms with van der Waals surface area (Å²) in [5.41, 5.74) is 0.721. The van der Waals surface area contributed by atoms with Crippen LogP contribution in [0, 0.1) is 0 Å². The Bertz CT molecular complexity index is 929. The summed E-state index contributed by atoms with van der Waals surface area (Å²) < 4.78 is 7.60. The van der Waals surface area contributed by atoms with Gasteiger partial charge >= 0.3 is 0 Å². The molecule has 0 bridgehead atoms. The van der Waals surface area contributed by atoms with Gasteiger partial charge in [0.1, 0.15) is 0 Å². The maximum absolute atomic E-state index is 13.3. The van der Waals surface area contributed by atoms with Crippen LogP contribution in [0.3, 0.4) is 0 Å². The van der Waals surface area contributed by atoms with E-state index >= 15 is 0 Å². The average molecular weight is 416 g/mol. The van der Waals surface area contributed by atoms with Crippen LogP contribution in [0.2, 0.25) is 0 Å². The molecule has 4 rings (SSSR count). The molecule has 6 nitrogen and oxygen atoms in total. The van der Waals surface area contributed by atoms with Crippen molar-refractivity contribution in [2.75, 3.05) is 18.8 Å². The van der Waals surface area contributed by atoms with Gasteiger partial charge < -0.3 is 9.64 Å². The summed E-state index contributed by atoms with van der Waals surface area (Å²) in [5.74, 6) is 0.367. The van der Waals surface area contributed by atoms with Gasteiger partial charge in [0.2, 0.25) is 5.91 Å². The molecule has 2 aromatic rings. The van der Waals surface area contributed by atoms with E-state index in [4.69, 9.17) is 9.72 Å². The van der Waals surface area contributed by atoms with Gasteiger partial charge in [-0.3, -0.25) is 14.2 Å². The minimum absolute atomic E-state index is 0.0195. The molecule has 0 unspecified atom stereocenters. The van der Waals surface area contributed by atoms with E-state index in [1.807, 2.05) is 47.6 Å². The molecular formula is C22H29N3O3S. The Kier molecular flexibility index (Phi) is 6.25. The van der Waals surface area contributed by atoms with Crippen LogP contribution in [-0.2, 0) is 9.53 Å². The van der Waals surface area contributed by atoms with Crippen LogP contribution in [0.15, 0.2) is 34.2 Å². The quantitative estimate of drug-likeness (QED) is 0.564. The van der Waals surface area contributed by atoms with E-state index in [2.05, 4.69) is 0 Å². The van der Waals surface area contributed by atoms with Crippen molar-refractivity contribution in [1.82, 2.24) is 14.5 Å². The zero-order valence-electron chi connectivity index (χ0n) is 17.2. The van der Waals surface area contributed by atoms with Crippen molar-refractivity contribution >= 4 is 28.6 Å². The lowest BCUT2D eigenvalue weighted by molar-refractivity contribution is -0.140. The van der Waals surface area contributed by atoms with E-state index in [1.54, 1.807) is 0 Å². The van der Waals surface area contributed by atoms with Gasteiger partial charge in [-0.05, 0) is 38.8 Å². The van der Waals surface area contributed by atoms with Crippen LogP contribution in [0.25, 0.3) is 10.9 Å². The zero-order chi connectivity index (χ0) is 20.4. The summed E-state index contributed by atoms with van der Waals surface area (Å²) in [6.45, 7) is 5.22. The Morgan fingerprint density at radius 2 is 1.83 bits per heavy atom. The number of rotatable bonds is 4. The zero-order valence-corrected chi connectivity index (χ0v) is 18.0. The molecule has 2 atom stereocenters. The minimum Gasteiger partial charge on any atom is -0.372 e. The molecular weight excluding hydrogens is 386 g/mol. The maximum atomic E-state index is 13.3. The summed E-state index contributed by atoms with van der Waals surface area (Å²) in [5, 5.41) is 1.33. The molecule has 0 radical (unpaired) electrons. The lowest BCUT2D eigenvalue weighted by atomic mass is 9.95. The maximum Gasteiger partial charge on any atom is 0.262 e. The predicted molar refractivity (Wildman–Crippen MR) is 115 cm³/mol. The third-order valence-corrected chi connectivity index (χ3v) is 6.75. The number of para-hydroxylation sites is 1. The van der Waals surface area contributed by atoms with Crippen molar-refractivity contribution in [3.05, 3.63) is 34.6 Å². The number of carbonyl (C=O) groups excluding carboxylic acids is 1. The van der Waals surface area contributed by atoms with Crippen molar-refractivity contribution in [3.63, 3.8) is 0 Å². The van der Waals surface area contributed by atoms with Crippen LogP contribution in [0.5, 0.6) is 0 Å². The second-order valence-electron chi connectivity index (χ2n) is 8.22. The van der Waals surface area contributed by atoms with Gasteiger partial charge in [0.25, 0.3) is 5.56 Å². The van der Waals surface area contributed by atoms with Gasteiger partial charge in [-0.2, -0.15) is 0 Å². The molecule has 1 saturated carbocycles. The van der Waals surface area contributed by atoms with E-state index in [9.17, 15) is 9.59 Å². The predicted octanol–water partition coefficient (Wildman–Crippen LogP) is 3.63. The first-order valence-corrected chi connectivity index (χ1v) is 11.6. The van der Waals surface area contributed by atoms with Gasteiger partial charge in [0.15, 0.2) is 5.16 Å². The van der Waals surface area contributed by atoms with E-state index in [0.717, 1.165) is 25.7 Å². The van der Waals surface area contributed by atoms with Crippen molar-refractivity contribution in [2.24, 2.45) is 0 Å². The number of aromatic nitrogens is 2. The summed E-state index contributed by atoms with van der Waals surface area (Å²) in [6.07, 6.45) is 5.59. The van der Waals surface area contributed by atoms with E-state index in [0.29, 0.717) is 29.1 Å². The monoisotopic (exact) mass is 415 g/mol. The lowest BCUT2D eigenvalue weighted by Gasteiger charge is -2.35. The molecule has 0 spiro atoms. The fourth-order valence-corrected chi connectivity index (χ4v) is 5.46. The number of thioether (sulfide) groups is 1. The number of ether oxygens (including phenoxy) is 1. The van der Waals surface area contributed by atoms with Crippen molar-refractivity contribution in [3.8, 4) is 0 Å². The molecule has 1 aromatic carbocycles. The second kappa shape index (κ2) is 8.88. The third-order valence-electron chi connectivity index (χ3n) is 5.81. The first-order chi connectivity index (χ1) is 14.0. The van der Waals surface area contributed by atoms with Crippen LogP contribution < -0.4 is 5.56 Å². The highest BCUT2D eigenvalue weighted by Crippen LogP contribution is 2.31. The SMILES string of the molecule is C[C@@H]1CN(C(=O)CSc2nc3ccccc3c(=O)n2C2CCCCC2)C[C@H](C)O1. The van der Waals surface area contributed by atoms with E-state index < -0.39 is 0 Å². The molecule has 29 heavy (non-hydrogen) atoms. The molecule has 2 fully saturated rings. The molecule has 7 heteroatoms. The van der Waals surface area contributed by atoms with Crippen LogP contribution >= 0.6 is 11.8 Å². The van der Waals surface area contributed by atoms with Gasteiger partial charge in [-0.1, -0.05) is 43.2 Å². The number of carbonyl (C=O) groups is 1. The van der Waals surface area contributed by atoms with Gasteiger partial charge in [0.05, 0.1) is 28.9 Å². The first-order valence-electron chi connectivity index (χ1n) is 10.6. The summed E-state index contributed by atoms with van der Waals surface area (Å²) in [6, 6.07) is 7.68. The summed E-state index contributed by atoms with van der Waals surface area (Å²) in [4.78, 5) is 32.8. The molecule has 1 saturated heterocycles. The fourth-order valence-electron chi connectivity index (χ4n) is 4.49. The smallest absolute Gasteiger partial charge is 0.262 e. The number of amides is 1. The number of hydrogen-bond acceptors (Lipinski definition) is 5. The molecule has 2 aliphatic rings. The highest BCUT2D eigenvalue weighted by molar-refractivity contribution is 7.99. The van der Waals surface area contributed by atoms with Crippen LogP contribution in [0.1, 0.15) is 52.0 Å². The Labute approximate surface area is 175 Å². The van der Waals surface area contributed by atoms with Crippen molar-refractivity contribution in [1.29, 1.82) is 0 Å². The molecule has 1 aliphatic carbocycles. The number of benzene rings is 1.